The van der Waals surface area contributed by atoms with Crippen molar-refractivity contribution in [3.63, 3.8) is 0 Å². The maximum atomic E-state index is 12.9. The van der Waals surface area contributed by atoms with Crippen LogP contribution in [0.5, 0.6) is 0 Å². The minimum absolute atomic E-state index is 0.124. The molecule has 1 aromatic rings. The molecule has 0 aliphatic heterocycles. The van der Waals surface area contributed by atoms with Crippen LogP contribution in [0.4, 0.5) is 28.9 Å². The summed E-state index contributed by atoms with van der Waals surface area (Å²) in [7, 11) is 0. The molecule has 0 aromatic heterocycles. The second kappa shape index (κ2) is 3.96. The van der Waals surface area contributed by atoms with Crippen LogP contribution >= 0.6 is 0 Å². The van der Waals surface area contributed by atoms with Crippen LogP contribution in [0.1, 0.15) is 5.56 Å². The zero-order chi connectivity index (χ0) is 13.4. The zero-order valence-corrected chi connectivity index (χ0v) is 7.69. The van der Waals surface area contributed by atoms with Crippen LogP contribution in [0.15, 0.2) is 12.1 Å². The Balaban J connectivity index is 3.57. The minimum atomic E-state index is -5.16. The lowest BCUT2D eigenvalue weighted by molar-refractivity contribution is -0.422. The van der Waals surface area contributed by atoms with E-state index < -0.39 is 38.8 Å². The summed E-state index contributed by atoms with van der Waals surface area (Å²) in [6.45, 7) is 0. The van der Waals surface area contributed by atoms with Crippen LogP contribution in [0.25, 0.3) is 0 Å². The molecule has 92 valence electrons. The maximum Gasteiger partial charge on any atom is 0.419 e. The summed E-state index contributed by atoms with van der Waals surface area (Å²) in [5.41, 5.74) is -4.67. The van der Waals surface area contributed by atoms with E-state index in [1.807, 2.05) is 0 Å². The lowest BCUT2D eigenvalue weighted by Gasteiger charge is -2.07. The molecule has 0 bridgehead atoms. The van der Waals surface area contributed by atoms with Crippen LogP contribution < -0.4 is 0 Å². The molecule has 10 heteroatoms. The number of nitro groups is 2. The summed E-state index contributed by atoms with van der Waals surface area (Å²) in [6, 6.07) is -0.325. The number of hydrogen-bond donors (Lipinski definition) is 0. The fourth-order valence-corrected chi connectivity index (χ4v) is 1.06. The fraction of sp³-hybridized carbons (Fsp3) is 0.143. The summed E-state index contributed by atoms with van der Waals surface area (Å²) >= 11 is 0. The van der Waals surface area contributed by atoms with Gasteiger partial charge in [0, 0.05) is 6.07 Å². The summed E-state index contributed by atoms with van der Waals surface area (Å²) in [6.07, 6.45) is -5.16. The molecule has 0 unspecified atom stereocenters. The summed E-state index contributed by atoms with van der Waals surface area (Å²) in [5.74, 6) is -1.94. The molecule has 0 amide bonds. The van der Waals surface area contributed by atoms with Crippen LogP contribution in [-0.2, 0) is 6.18 Å². The van der Waals surface area contributed by atoms with E-state index in [1.54, 1.807) is 0 Å². The van der Waals surface area contributed by atoms with Crippen molar-refractivity contribution in [3.8, 4) is 0 Å². The Bertz CT molecular complexity index is 499. The molecule has 0 aliphatic rings. The van der Waals surface area contributed by atoms with Gasteiger partial charge in [-0.05, 0) is 0 Å². The third kappa shape index (κ3) is 2.46. The summed E-state index contributed by atoms with van der Waals surface area (Å²) in [5, 5.41) is 20.6. The van der Waals surface area contributed by atoms with Gasteiger partial charge >= 0.3 is 17.6 Å². The van der Waals surface area contributed by atoms with Gasteiger partial charge in [0.1, 0.15) is 5.82 Å². The van der Waals surface area contributed by atoms with E-state index in [-0.39, 0.29) is 12.1 Å². The number of rotatable bonds is 2. The Labute approximate surface area is 89.8 Å². The molecule has 6 nitrogen and oxygen atoms in total. The number of nitrogens with zero attached hydrogens (tertiary/aromatic N) is 2. The molecule has 0 N–H and O–H groups in total. The maximum absolute atomic E-state index is 12.9. The van der Waals surface area contributed by atoms with E-state index in [9.17, 15) is 37.8 Å². The second-order valence-electron chi connectivity index (χ2n) is 2.83. The van der Waals surface area contributed by atoms with Gasteiger partial charge in [-0.25, -0.2) is 4.39 Å². The van der Waals surface area contributed by atoms with Crippen molar-refractivity contribution in [2.24, 2.45) is 0 Å². The van der Waals surface area contributed by atoms with Crippen LogP contribution in [-0.4, -0.2) is 9.85 Å². The smallest absolute Gasteiger partial charge is 0.258 e. The van der Waals surface area contributed by atoms with Gasteiger partial charge in [0.25, 0.3) is 0 Å². The van der Waals surface area contributed by atoms with Crippen molar-refractivity contribution in [1.29, 1.82) is 0 Å². The van der Waals surface area contributed by atoms with Gasteiger partial charge in [0.15, 0.2) is 0 Å². The highest BCUT2D eigenvalue weighted by Gasteiger charge is 2.39. The lowest BCUT2D eigenvalue weighted by atomic mass is 10.1. The van der Waals surface area contributed by atoms with Gasteiger partial charge in [-0.2, -0.15) is 13.2 Å². The Morgan fingerprint density at radius 2 is 1.41 bits per heavy atom. The van der Waals surface area contributed by atoms with Gasteiger partial charge in [-0.15, -0.1) is 0 Å². The highest BCUT2D eigenvalue weighted by atomic mass is 19.4. The topological polar surface area (TPSA) is 86.3 Å². The molecule has 0 saturated carbocycles. The highest BCUT2D eigenvalue weighted by molar-refractivity contribution is 5.55. The standard InChI is InChI=1S/C7H2F4N2O4/c8-4-2-6(13(16)17)5(12(14)15)1-3(4)7(9,10)11/h1-2H. The van der Waals surface area contributed by atoms with Gasteiger partial charge in [-0.1, -0.05) is 0 Å². The zero-order valence-electron chi connectivity index (χ0n) is 7.69. The Morgan fingerprint density at radius 3 is 1.76 bits per heavy atom. The van der Waals surface area contributed by atoms with Crippen LogP contribution in [0.2, 0.25) is 0 Å². The first-order chi connectivity index (χ1) is 7.64. The SMILES string of the molecule is O=[N+]([O-])c1cc(F)c(C(F)(F)F)cc1[N+](=O)[O-]. The van der Waals surface area contributed by atoms with Crippen molar-refractivity contribution in [3.05, 3.63) is 43.7 Å². The number of nitro benzene ring substituents is 2. The third-order valence-corrected chi connectivity index (χ3v) is 1.76. The number of hydrogen-bond acceptors (Lipinski definition) is 4. The van der Waals surface area contributed by atoms with E-state index >= 15 is 0 Å². The average molecular weight is 254 g/mol. The molecule has 0 heterocycles. The molecule has 0 spiro atoms. The monoisotopic (exact) mass is 254 g/mol. The predicted octanol–water partition coefficient (Wildman–Crippen LogP) is 2.66. The number of alkyl halides is 3. The Hall–Kier alpha value is -2.26. The van der Waals surface area contributed by atoms with E-state index in [0.29, 0.717) is 0 Å². The molecular formula is C7H2F4N2O4. The van der Waals surface area contributed by atoms with Gasteiger partial charge in [0.2, 0.25) is 0 Å². The van der Waals surface area contributed by atoms with Gasteiger partial charge in [-0.3, -0.25) is 20.2 Å². The van der Waals surface area contributed by atoms with Gasteiger partial charge < -0.3 is 0 Å². The average Bonchev–Trinajstić information content (AvgIpc) is 2.14. The quantitative estimate of drug-likeness (QED) is 0.461. The van der Waals surface area contributed by atoms with E-state index in [1.165, 1.54) is 0 Å². The molecule has 0 atom stereocenters. The van der Waals surface area contributed by atoms with Crippen LogP contribution in [0.3, 0.4) is 0 Å². The van der Waals surface area contributed by atoms with Crippen molar-refractivity contribution in [1.82, 2.24) is 0 Å². The first kappa shape index (κ1) is 12.8. The molecule has 17 heavy (non-hydrogen) atoms. The molecule has 0 saturated heterocycles. The Morgan fingerprint density at radius 1 is 1.00 bits per heavy atom. The summed E-state index contributed by atoms with van der Waals surface area (Å²) < 4.78 is 49.5. The lowest BCUT2D eigenvalue weighted by Crippen LogP contribution is -2.10. The molecular weight excluding hydrogens is 252 g/mol. The van der Waals surface area contributed by atoms with Gasteiger partial charge in [0.05, 0.1) is 21.5 Å². The summed E-state index contributed by atoms with van der Waals surface area (Å²) in [4.78, 5) is 17.9. The van der Waals surface area contributed by atoms with Crippen molar-refractivity contribution < 1.29 is 27.4 Å². The van der Waals surface area contributed by atoms with Crippen molar-refractivity contribution in [2.75, 3.05) is 0 Å². The predicted molar refractivity (Wildman–Crippen MR) is 44.7 cm³/mol. The number of benzene rings is 1. The molecule has 0 radical (unpaired) electrons. The normalized spacial score (nSPS) is 11.3. The van der Waals surface area contributed by atoms with Crippen LogP contribution in [0, 0.1) is 26.0 Å². The third-order valence-electron chi connectivity index (χ3n) is 1.76. The minimum Gasteiger partial charge on any atom is -0.258 e. The van der Waals surface area contributed by atoms with E-state index in [2.05, 4.69) is 0 Å². The number of halogens is 4. The largest absolute Gasteiger partial charge is 0.419 e. The molecule has 0 fully saturated rings. The molecule has 1 aromatic carbocycles. The highest BCUT2D eigenvalue weighted by Crippen LogP contribution is 2.37. The second-order valence-corrected chi connectivity index (χ2v) is 2.83. The first-order valence-electron chi connectivity index (χ1n) is 3.84. The van der Waals surface area contributed by atoms with Crippen molar-refractivity contribution in [2.45, 2.75) is 6.18 Å². The van der Waals surface area contributed by atoms with E-state index in [4.69, 9.17) is 0 Å². The Kier molecular flexibility index (Phi) is 2.98. The van der Waals surface area contributed by atoms with E-state index in [0.717, 1.165) is 0 Å². The first-order valence-corrected chi connectivity index (χ1v) is 3.84. The fourth-order valence-electron chi connectivity index (χ4n) is 1.06. The molecule has 1 rings (SSSR count). The molecule has 0 aliphatic carbocycles. The van der Waals surface area contributed by atoms with Crippen molar-refractivity contribution >= 4 is 11.4 Å².